The number of anilines is 1. The van der Waals surface area contributed by atoms with E-state index in [9.17, 15) is 4.79 Å². The number of aromatic nitrogens is 2. The predicted molar refractivity (Wildman–Crippen MR) is 45.4 cm³/mol. The number of aryl methyl sites for hydroxylation is 1. The van der Waals surface area contributed by atoms with E-state index in [1.54, 1.807) is 4.90 Å². The average molecular weight is 184 g/mol. The second kappa shape index (κ2) is 2.71. The van der Waals surface area contributed by atoms with Gasteiger partial charge in [-0.2, -0.15) is 4.37 Å². The van der Waals surface area contributed by atoms with Gasteiger partial charge < -0.3 is 5.32 Å². The van der Waals surface area contributed by atoms with Crippen molar-refractivity contribution < 1.29 is 4.79 Å². The molecule has 2 heterocycles. The molecule has 0 bridgehead atoms. The molecule has 0 spiro atoms. The monoisotopic (exact) mass is 184 g/mol. The highest BCUT2D eigenvalue weighted by Crippen LogP contribution is 2.18. The Balaban J connectivity index is 2.24. The molecule has 0 aromatic carbocycles. The Morgan fingerprint density at radius 2 is 2.50 bits per heavy atom. The largest absolute Gasteiger partial charge is 0.336 e. The zero-order valence-electron chi connectivity index (χ0n) is 6.57. The van der Waals surface area contributed by atoms with Gasteiger partial charge in [0.25, 0.3) is 0 Å². The maximum Gasteiger partial charge on any atom is 0.323 e. The van der Waals surface area contributed by atoms with Gasteiger partial charge in [-0.1, -0.05) is 0 Å². The minimum atomic E-state index is -0.0776. The van der Waals surface area contributed by atoms with E-state index in [4.69, 9.17) is 0 Å². The van der Waals surface area contributed by atoms with E-state index >= 15 is 0 Å². The molecule has 1 aliphatic rings. The summed E-state index contributed by atoms with van der Waals surface area (Å²) in [5.74, 6) is 0.717. The van der Waals surface area contributed by atoms with Gasteiger partial charge in [-0.15, -0.1) is 0 Å². The summed E-state index contributed by atoms with van der Waals surface area (Å²) in [5.41, 5.74) is 0. The van der Waals surface area contributed by atoms with Crippen molar-refractivity contribution in [2.24, 2.45) is 0 Å². The number of carbonyl (C=O) groups is 1. The van der Waals surface area contributed by atoms with Crippen LogP contribution in [0.15, 0.2) is 0 Å². The summed E-state index contributed by atoms with van der Waals surface area (Å²) >= 11 is 1.25. The number of nitrogens with one attached hydrogen (secondary N) is 1. The number of nitrogens with zero attached hydrogens (tertiary/aromatic N) is 3. The van der Waals surface area contributed by atoms with Crippen LogP contribution in [0.25, 0.3) is 0 Å². The third-order valence-corrected chi connectivity index (χ3v) is 2.44. The van der Waals surface area contributed by atoms with Gasteiger partial charge in [-0.3, -0.25) is 4.90 Å². The quantitative estimate of drug-likeness (QED) is 0.686. The molecule has 0 radical (unpaired) electrons. The highest BCUT2D eigenvalue weighted by atomic mass is 32.1. The van der Waals surface area contributed by atoms with Crippen LogP contribution in [0.3, 0.4) is 0 Å². The lowest BCUT2D eigenvalue weighted by molar-refractivity contribution is 0.252. The summed E-state index contributed by atoms with van der Waals surface area (Å²) in [6.45, 7) is 3.19. The van der Waals surface area contributed by atoms with Crippen molar-refractivity contribution in [1.82, 2.24) is 14.7 Å². The van der Waals surface area contributed by atoms with Crippen LogP contribution in [0, 0.1) is 6.92 Å². The van der Waals surface area contributed by atoms with Crippen LogP contribution in [-0.4, -0.2) is 28.5 Å². The van der Waals surface area contributed by atoms with Crippen molar-refractivity contribution in [3.05, 3.63) is 5.82 Å². The SMILES string of the molecule is Cc1nsc(N2CCNC2=O)n1. The van der Waals surface area contributed by atoms with Gasteiger partial charge in [0.05, 0.1) is 0 Å². The van der Waals surface area contributed by atoms with E-state index in [0.717, 1.165) is 5.82 Å². The summed E-state index contributed by atoms with van der Waals surface area (Å²) in [6, 6.07) is -0.0776. The molecule has 1 aliphatic heterocycles. The van der Waals surface area contributed by atoms with E-state index in [0.29, 0.717) is 18.2 Å². The number of hydrogen-bond acceptors (Lipinski definition) is 4. The van der Waals surface area contributed by atoms with Crippen molar-refractivity contribution in [2.75, 3.05) is 18.0 Å². The summed E-state index contributed by atoms with van der Waals surface area (Å²) < 4.78 is 4.00. The summed E-state index contributed by atoms with van der Waals surface area (Å²) in [4.78, 5) is 16.9. The second-order valence-electron chi connectivity index (χ2n) is 2.51. The first-order chi connectivity index (χ1) is 5.77. The van der Waals surface area contributed by atoms with Crippen molar-refractivity contribution in [3.63, 3.8) is 0 Å². The van der Waals surface area contributed by atoms with Crippen LogP contribution < -0.4 is 10.2 Å². The molecule has 1 aromatic heterocycles. The van der Waals surface area contributed by atoms with E-state index in [-0.39, 0.29) is 6.03 Å². The minimum Gasteiger partial charge on any atom is -0.336 e. The Morgan fingerprint density at radius 1 is 1.67 bits per heavy atom. The van der Waals surface area contributed by atoms with E-state index in [1.807, 2.05) is 6.92 Å². The van der Waals surface area contributed by atoms with Gasteiger partial charge in [0.1, 0.15) is 5.82 Å². The average Bonchev–Trinajstić information content (AvgIpc) is 2.58. The molecule has 1 N–H and O–H groups in total. The molecule has 0 unspecified atom stereocenters. The number of amides is 2. The lowest BCUT2D eigenvalue weighted by Crippen LogP contribution is -2.27. The maximum atomic E-state index is 11.1. The van der Waals surface area contributed by atoms with Crippen molar-refractivity contribution in [3.8, 4) is 0 Å². The normalized spacial score (nSPS) is 16.8. The highest BCUT2D eigenvalue weighted by molar-refractivity contribution is 7.09. The van der Waals surface area contributed by atoms with Crippen molar-refractivity contribution >= 4 is 22.7 Å². The fourth-order valence-corrected chi connectivity index (χ4v) is 1.75. The maximum absolute atomic E-state index is 11.1. The zero-order chi connectivity index (χ0) is 8.55. The molecular weight excluding hydrogens is 176 g/mol. The van der Waals surface area contributed by atoms with Crippen LogP contribution in [0.5, 0.6) is 0 Å². The Bertz CT molecular complexity index is 310. The number of hydrogen-bond donors (Lipinski definition) is 1. The second-order valence-corrected chi connectivity index (χ2v) is 3.24. The lowest BCUT2D eigenvalue weighted by atomic mass is 10.6. The minimum absolute atomic E-state index is 0.0776. The molecule has 5 nitrogen and oxygen atoms in total. The summed E-state index contributed by atoms with van der Waals surface area (Å²) in [6.07, 6.45) is 0. The first-order valence-corrected chi connectivity index (χ1v) is 4.40. The molecule has 64 valence electrons. The molecule has 0 aliphatic carbocycles. The molecule has 1 aromatic rings. The Labute approximate surface area is 73.6 Å². The Morgan fingerprint density at radius 3 is 3.00 bits per heavy atom. The first kappa shape index (κ1) is 7.48. The molecule has 6 heteroatoms. The summed E-state index contributed by atoms with van der Waals surface area (Å²) in [7, 11) is 0. The van der Waals surface area contributed by atoms with Gasteiger partial charge in [0.2, 0.25) is 5.13 Å². The number of carbonyl (C=O) groups excluding carboxylic acids is 1. The van der Waals surface area contributed by atoms with E-state index in [1.165, 1.54) is 11.5 Å². The van der Waals surface area contributed by atoms with Crippen LogP contribution in [0.1, 0.15) is 5.82 Å². The topological polar surface area (TPSA) is 58.1 Å². The van der Waals surface area contributed by atoms with Crippen molar-refractivity contribution in [1.29, 1.82) is 0 Å². The zero-order valence-corrected chi connectivity index (χ0v) is 7.39. The third kappa shape index (κ3) is 1.14. The molecule has 0 atom stereocenters. The van der Waals surface area contributed by atoms with Gasteiger partial charge in [0.15, 0.2) is 0 Å². The highest BCUT2D eigenvalue weighted by Gasteiger charge is 2.23. The van der Waals surface area contributed by atoms with Crippen LogP contribution in [0.4, 0.5) is 9.93 Å². The van der Waals surface area contributed by atoms with E-state index < -0.39 is 0 Å². The molecule has 0 saturated carbocycles. The van der Waals surface area contributed by atoms with Crippen LogP contribution in [0.2, 0.25) is 0 Å². The summed E-state index contributed by atoms with van der Waals surface area (Å²) in [5, 5.41) is 3.39. The Hall–Kier alpha value is -1.17. The third-order valence-electron chi connectivity index (χ3n) is 1.60. The van der Waals surface area contributed by atoms with Gasteiger partial charge >= 0.3 is 6.03 Å². The molecular formula is C6H8N4OS. The number of rotatable bonds is 1. The fraction of sp³-hybridized carbons (Fsp3) is 0.500. The van der Waals surface area contributed by atoms with Crippen LogP contribution in [-0.2, 0) is 0 Å². The van der Waals surface area contributed by atoms with Gasteiger partial charge in [-0.25, -0.2) is 9.78 Å². The Kier molecular flexibility index (Phi) is 1.69. The predicted octanol–water partition coefficient (Wildman–Crippen LogP) is 0.376. The molecule has 2 amide bonds. The van der Waals surface area contributed by atoms with Crippen molar-refractivity contribution in [2.45, 2.75) is 6.92 Å². The van der Waals surface area contributed by atoms with Gasteiger partial charge in [-0.05, 0) is 6.92 Å². The molecule has 2 rings (SSSR count). The van der Waals surface area contributed by atoms with E-state index in [2.05, 4.69) is 14.7 Å². The standard InChI is InChI=1S/C6H8N4OS/c1-4-8-6(12-9-4)10-3-2-7-5(10)11/h2-3H2,1H3,(H,7,11). The smallest absolute Gasteiger partial charge is 0.323 e. The molecule has 12 heavy (non-hydrogen) atoms. The molecule has 1 saturated heterocycles. The first-order valence-electron chi connectivity index (χ1n) is 3.63. The number of urea groups is 1. The fourth-order valence-electron chi connectivity index (χ4n) is 1.05. The van der Waals surface area contributed by atoms with Gasteiger partial charge in [0, 0.05) is 24.6 Å². The van der Waals surface area contributed by atoms with Crippen LogP contribution >= 0.6 is 11.5 Å². The molecule has 1 fully saturated rings. The lowest BCUT2D eigenvalue weighted by Gasteiger charge is -2.07.